The smallest absolute Gasteiger partial charge is 0.156 e. The van der Waals surface area contributed by atoms with Crippen LogP contribution in [-0.2, 0) is 6.42 Å². The van der Waals surface area contributed by atoms with Crippen molar-refractivity contribution in [3.8, 4) is 5.82 Å². The van der Waals surface area contributed by atoms with Crippen molar-refractivity contribution in [2.24, 2.45) is 5.73 Å². The van der Waals surface area contributed by atoms with Crippen molar-refractivity contribution in [3.05, 3.63) is 40.8 Å². The highest BCUT2D eigenvalue weighted by atomic mass is 15.3. The third-order valence-electron chi connectivity index (χ3n) is 3.73. The summed E-state index contributed by atoms with van der Waals surface area (Å²) in [6.45, 7) is 8.30. The van der Waals surface area contributed by atoms with Crippen molar-refractivity contribution < 1.29 is 0 Å². The largest absolute Gasteiger partial charge is 0.327 e. The van der Waals surface area contributed by atoms with Crippen LogP contribution < -0.4 is 5.73 Å². The molecule has 0 saturated carbocycles. The minimum absolute atomic E-state index is 0.168. The maximum absolute atomic E-state index is 6.07. The highest BCUT2D eigenvalue weighted by Crippen LogP contribution is 2.19. The average Bonchev–Trinajstić information content (AvgIpc) is 2.67. The standard InChI is InChI=1S/C15H22N4/c1-5-14(16)9-13-7-6-8-17-15(13)19-12(4)10(2)11(3)18-19/h6-8,14H,5,9,16H2,1-4H3. The van der Waals surface area contributed by atoms with Crippen molar-refractivity contribution in [1.29, 1.82) is 0 Å². The second-order valence-electron chi connectivity index (χ2n) is 5.07. The first-order valence-electron chi connectivity index (χ1n) is 6.77. The minimum Gasteiger partial charge on any atom is -0.327 e. The predicted octanol–water partition coefficient (Wildman–Crippen LogP) is 2.47. The van der Waals surface area contributed by atoms with E-state index in [1.165, 1.54) is 5.56 Å². The molecule has 2 N–H and O–H groups in total. The second-order valence-corrected chi connectivity index (χ2v) is 5.07. The number of aryl methyl sites for hydroxylation is 1. The Balaban J connectivity index is 2.47. The number of nitrogens with zero attached hydrogens (tertiary/aromatic N) is 3. The molecule has 2 aromatic rings. The first-order chi connectivity index (χ1) is 9.04. The van der Waals surface area contributed by atoms with E-state index in [2.05, 4.69) is 36.9 Å². The highest BCUT2D eigenvalue weighted by Gasteiger charge is 2.14. The number of aromatic nitrogens is 3. The molecule has 0 spiro atoms. The van der Waals surface area contributed by atoms with Gasteiger partial charge < -0.3 is 5.73 Å². The van der Waals surface area contributed by atoms with Gasteiger partial charge in [-0.2, -0.15) is 5.10 Å². The Morgan fingerprint density at radius 3 is 2.63 bits per heavy atom. The SMILES string of the molecule is CCC(N)Cc1cccnc1-n1nc(C)c(C)c1C. The average molecular weight is 258 g/mol. The first-order valence-corrected chi connectivity index (χ1v) is 6.77. The van der Waals surface area contributed by atoms with Crippen LogP contribution in [0.15, 0.2) is 18.3 Å². The van der Waals surface area contributed by atoms with Crippen LogP contribution in [0, 0.1) is 20.8 Å². The summed E-state index contributed by atoms with van der Waals surface area (Å²) in [6.07, 6.45) is 3.60. The molecule has 19 heavy (non-hydrogen) atoms. The zero-order chi connectivity index (χ0) is 14.0. The lowest BCUT2D eigenvalue weighted by Gasteiger charge is -2.13. The molecule has 4 heteroatoms. The molecule has 2 heterocycles. The Morgan fingerprint density at radius 2 is 2.05 bits per heavy atom. The minimum atomic E-state index is 0.168. The highest BCUT2D eigenvalue weighted by molar-refractivity contribution is 5.38. The van der Waals surface area contributed by atoms with Gasteiger partial charge in [0.05, 0.1) is 5.69 Å². The molecule has 2 aromatic heterocycles. The summed E-state index contributed by atoms with van der Waals surface area (Å²) in [4.78, 5) is 4.50. The van der Waals surface area contributed by atoms with Crippen LogP contribution in [0.2, 0.25) is 0 Å². The van der Waals surface area contributed by atoms with Gasteiger partial charge in [-0.3, -0.25) is 0 Å². The normalized spacial score (nSPS) is 12.7. The molecule has 0 saturated heterocycles. The molecule has 2 rings (SSSR count). The molecule has 0 aliphatic carbocycles. The van der Waals surface area contributed by atoms with E-state index < -0.39 is 0 Å². The molecule has 102 valence electrons. The Labute approximate surface area is 114 Å². The summed E-state index contributed by atoms with van der Waals surface area (Å²) >= 11 is 0. The van der Waals surface area contributed by atoms with Gasteiger partial charge in [0.25, 0.3) is 0 Å². The van der Waals surface area contributed by atoms with E-state index >= 15 is 0 Å². The van der Waals surface area contributed by atoms with Gasteiger partial charge in [0.1, 0.15) is 0 Å². The van der Waals surface area contributed by atoms with Gasteiger partial charge in [0, 0.05) is 17.9 Å². The summed E-state index contributed by atoms with van der Waals surface area (Å²) in [6, 6.07) is 4.21. The summed E-state index contributed by atoms with van der Waals surface area (Å²) in [7, 11) is 0. The molecule has 1 atom stereocenters. The molecule has 0 aliphatic rings. The molecule has 0 fully saturated rings. The fraction of sp³-hybridized carbons (Fsp3) is 0.467. The molecule has 4 nitrogen and oxygen atoms in total. The Kier molecular flexibility index (Phi) is 4.00. The van der Waals surface area contributed by atoms with Crippen LogP contribution in [0.1, 0.15) is 35.9 Å². The third kappa shape index (κ3) is 2.68. The van der Waals surface area contributed by atoms with Crippen LogP contribution >= 0.6 is 0 Å². The first kappa shape index (κ1) is 13.7. The maximum Gasteiger partial charge on any atom is 0.156 e. The van der Waals surface area contributed by atoms with Crippen LogP contribution in [0.5, 0.6) is 0 Å². The summed E-state index contributed by atoms with van der Waals surface area (Å²) < 4.78 is 1.93. The summed E-state index contributed by atoms with van der Waals surface area (Å²) in [5, 5.41) is 4.59. The topological polar surface area (TPSA) is 56.7 Å². The number of rotatable bonds is 4. The van der Waals surface area contributed by atoms with E-state index in [0.29, 0.717) is 0 Å². The number of pyridine rings is 1. The predicted molar refractivity (Wildman–Crippen MR) is 77.5 cm³/mol. The molecule has 0 amide bonds. The maximum atomic E-state index is 6.07. The fourth-order valence-corrected chi connectivity index (χ4v) is 2.13. The van der Waals surface area contributed by atoms with Crippen molar-refractivity contribution in [2.75, 3.05) is 0 Å². The van der Waals surface area contributed by atoms with E-state index in [1.807, 2.05) is 23.9 Å². The molecule has 1 unspecified atom stereocenters. The van der Waals surface area contributed by atoms with Crippen LogP contribution in [0.4, 0.5) is 0 Å². The molecule has 0 aliphatic heterocycles. The van der Waals surface area contributed by atoms with Gasteiger partial charge in [-0.25, -0.2) is 9.67 Å². The quantitative estimate of drug-likeness (QED) is 0.916. The van der Waals surface area contributed by atoms with Crippen molar-refractivity contribution in [1.82, 2.24) is 14.8 Å². The lowest BCUT2D eigenvalue weighted by molar-refractivity contribution is 0.638. The Hall–Kier alpha value is -1.68. The van der Waals surface area contributed by atoms with Crippen molar-refractivity contribution >= 4 is 0 Å². The van der Waals surface area contributed by atoms with Gasteiger partial charge in [0.15, 0.2) is 5.82 Å². The number of nitrogens with two attached hydrogens (primary N) is 1. The molecule has 0 bridgehead atoms. The monoisotopic (exact) mass is 258 g/mol. The van der Waals surface area contributed by atoms with E-state index in [-0.39, 0.29) is 6.04 Å². The van der Waals surface area contributed by atoms with E-state index in [0.717, 1.165) is 35.6 Å². The zero-order valence-electron chi connectivity index (χ0n) is 12.1. The fourth-order valence-electron chi connectivity index (χ4n) is 2.13. The summed E-state index contributed by atoms with van der Waals surface area (Å²) in [5.74, 6) is 0.903. The van der Waals surface area contributed by atoms with Gasteiger partial charge in [-0.15, -0.1) is 0 Å². The molecular weight excluding hydrogens is 236 g/mol. The van der Waals surface area contributed by atoms with Crippen molar-refractivity contribution in [3.63, 3.8) is 0 Å². The molecule has 0 aromatic carbocycles. The van der Waals surface area contributed by atoms with E-state index in [9.17, 15) is 0 Å². The zero-order valence-corrected chi connectivity index (χ0v) is 12.1. The van der Waals surface area contributed by atoms with Gasteiger partial charge in [-0.1, -0.05) is 13.0 Å². The Bertz CT molecular complexity index is 572. The van der Waals surface area contributed by atoms with Crippen LogP contribution in [0.3, 0.4) is 0 Å². The van der Waals surface area contributed by atoms with Crippen LogP contribution in [-0.4, -0.2) is 20.8 Å². The molecule has 0 radical (unpaired) electrons. The third-order valence-corrected chi connectivity index (χ3v) is 3.73. The molecular formula is C15H22N4. The van der Waals surface area contributed by atoms with Gasteiger partial charge in [-0.05, 0) is 50.8 Å². The van der Waals surface area contributed by atoms with E-state index in [4.69, 9.17) is 5.73 Å². The summed E-state index contributed by atoms with van der Waals surface area (Å²) in [5.41, 5.74) is 10.6. The van der Waals surface area contributed by atoms with Gasteiger partial charge >= 0.3 is 0 Å². The van der Waals surface area contributed by atoms with E-state index in [1.54, 1.807) is 0 Å². The van der Waals surface area contributed by atoms with Crippen molar-refractivity contribution in [2.45, 2.75) is 46.6 Å². The second kappa shape index (κ2) is 5.53. The lowest BCUT2D eigenvalue weighted by atomic mass is 10.1. The van der Waals surface area contributed by atoms with Gasteiger partial charge in [0.2, 0.25) is 0 Å². The lowest BCUT2D eigenvalue weighted by Crippen LogP contribution is -2.22. The number of hydrogen-bond acceptors (Lipinski definition) is 3. The Morgan fingerprint density at radius 1 is 1.32 bits per heavy atom. The number of hydrogen-bond donors (Lipinski definition) is 1. The van der Waals surface area contributed by atoms with Crippen LogP contribution in [0.25, 0.3) is 5.82 Å².